The van der Waals surface area contributed by atoms with Gasteiger partial charge in [0.05, 0.1) is 25.4 Å². The molecule has 0 radical (unpaired) electrons. The zero-order chi connectivity index (χ0) is 36.0. The third-order valence-electron chi connectivity index (χ3n) is 8.98. The molecular formula is C37H70N2O10. The van der Waals surface area contributed by atoms with Crippen LogP contribution in [-0.2, 0) is 47.5 Å². The van der Waals surface area contributed by atoms with Crippen LogP contribution in [0.1, 0.15) is 120 Å². The van der Waals surface area contributed by atoms with Gasteiger partial charge in [-0.2, -0.15) is 0 Å². The van der Waals surface area contributed by atoms with Gasteiger partial charge in [-0.05, 0) is 32.1 Å². The molecule has 0 saturated carbocycles. The van der Waals surface area contributed by atoms with Crippen molar-refractivity contribution in [2.45, 2.75) is 175 Å². The molecule has 10 atom stereocenters. The van der Waals surface area contributed by atoms with Crippen LogP contribution in [0.2, 0.25) is 0 Å². The van der Waals surface area contributed by atoms with Crippen LogP contribution in [0, 0.1) is 5.92 Å². The Morgan fingerprint density at radius 1 is 0.551 bits per heavy atom. The van der Waals surface area contributed by atoms with Crippen molar-refractivity contribution in [3.05, 3.63) is 0 Å². The first kappa shape index (κ1) is 43.8. The second-order valence-corrected chi connectivity index (χ2v) is 13.5. The summed E-state index contributed by atoms with van der Waals surface area (Å²) < 4.78 is 51.7. The third-order valence-corrected chi connectivity index (χ3v) is 8.98. The van der Waals surface area contributed by atoms with Gasteiger partial charge >= 0.3 is 0 Å². The first-order valence-corrected chi connectivity index (χ1v) is 19.2. The fourth-order valence-corrected chi connectivity index (χ4v) is 6.11. The predicted octanol–water partition coefficient (Wildman–Crippen LogP) is 5.29. The van der Waals surface area contributed by atoms with Crippen LogP contribution in [0.3, 0.4) is 0 Å². The van der Waals surface area contributed by atoms with Crippen LogP contribution in [0.5, 0.6) is 0 Å². The lowest BCUT2D eigenvalue weighted by molar-refractivity contribution is -0.332. The van der Waals surface area contributed by atoms with Gasteiger partial charge in [0.25, 0.3) is 0 Å². The summed E-state index contributed by atoms with van der Waals surface area (Å²) in [6, 6.07) is -1.16. The van der Waals surface area contributed by atoms with Crippen LogP contribution in [0.4, 0.5) is 0 Å². The van der Waals surface area contributed by atoms with E-state index in [4.69, 9.17) is 37.9 Å². The maximum atomic E-state index is 12.7. The van der Waals surface area contributed by atoms with E-state index in [0.29, 0.717) is 39.6 Å². The predicted molar refractivity (Wildman–Crippen MR) is 188 cm³/mol. The second kappa shape index (κ2) is 25.6. The van der Waals surface area contributed by atoms with Gasteiger partial charge in [-0.3, -0.25) is 9.59 Å². The minimum atomic E-state index is -0.925. The summed E-state index contributed by atoms with van der Waals surface area (Å²) in [6.07, 6.45) is 5.14. The number of carbonyl (C=O) groups excluding carboxylic acids is 2. The van der Waals surface area contributed by atoms with E-state index in [9.17, 15) is 9.59 Å². The van der Waals surface area contributed by atoms with Gasteiger partial charge in [0.1, 0.15) is 30.5 Å². The number of amides is 2. The quantitative estimate of drug-likeness (QED) is 0.115. The molecule has 2 heterocycles. The molecule has 49 heavy (non-hydrogen) atoms. The number of unbranched alkanes of at least 4 members (excludes halogenated alkanes) is 5. The van der Waals surface area contributed by atoms with E-state index in [1.807, 2.05) is 6.92 Å². The molecule has 2 rings (SSSR count). The fourth-order valence-electron chi connectivity index (χ4n) is 6.11. The van der Waals surface area contributed by atoms with Gasteiger partial charge in [0.2, 0.25) is 11.8 Å². The Bertz CT molecular complexity index is 882. The van der Waals surface area contributed by atoms with Crippen LogP contribution in [0.15, 0.2) is 0 Å². The van der Waals surface area contributed by atoms with Crippen molar-refractivity contribution >= 4 is 11.8 Å². The van der Waals surface area contributed by atoms with E-state index >= 15 is 0 Å². The maximum absolute atomic E-state index is 12.7. The van der Waals surface area contributed by atoms with Gasteiger partial charge in [-0.1, -0.05) is 73.6 Å². The molecule has 2 amide bonds. The van der Waals surface area contributed by atoms with Crippen LogP contribution < -0.4 is 10.6 Å². The average molecular weight is 703 g/mol. The summed E-state index contributed by atoms with van der Waals surface area (Å²) in [7, 11) is 0. The SMILES string of the molecule is CCCCOCC1O[C@@H](O[C@@H]2C(COCCCC)O[C@H](OCCCC)C(NC(C)=O)[C@H]2C)[C@@H](NC(C)=O)C(OCCCC)[C@@H]1OCCCC. The van der Waals surface area contributed by atoms with E-state index in [2.05, 4.69) is 45.3 Å². The Labute approximate surface area is 296 Å². The van der Waals surface area contributed by atoms with E-state index in [1.54, 1.807) is 0 Å². The number of ether oxygens (including phenoxy) is 8. The standard InChI is InChI=1S/C37H70N2O10/c1-9-14-19-42-24-29-33(26(6)31(38-27(7)40)36(47-29)46-23-18-13-5)49-37-32(39-28(8)41)35(45-22-17-12-4)34(44-21-16-11-3)30(48-37)25-43-20-15-10-2/h26,29-37H,9-25H2,1-8H3,(H,38,40)(H,39,41)/t26-,29?,30?,31?,32+,33+,34-,35?,36+,37+/m1/s1. The Morgan fingerprint density at radius 2 is 0.980 bits per heavy atom. The number of rotatable bonds is 26. The Kier molecular flexibility index (Phi) is 22.8. The fraction of sp³-hybridized carbons (Fsp3) is 0.946. The van der Waals surface area contributed by atoms with Crippen LogP contribution in [-0.4, -0.2) is 113 Å². The largest absolute Gasteiger partial charge is 0.379 e. The lowest BCUT2D eigenvalue weighted by atomic mass is 9.88. The lowest BCUT2D eigenvalue weighted by Gasteiger charge is -2.50. The van der Waals surface area contributed by atoms with E-state index in [0.717, 1.165) is 64.2 Å². The van der Waals surface area contributed by atoms with Gasteiger partial charge in [0.15, 0.2) is 12.6 Å². The van der Waals surface area contributed by atoms with Gasteiger partial charge in [0, 0.05) is 52.8 Å². The van der Waals surface area contributed by atoms with Crippen molar-refractivity contribution in [2.75, 3.05) is 46.2 Å². The topological polar surface area (TPSA) is 132 Å². The van der Waals surface area contributed by atoms with Crippen molar-refractivity contribution in [2.24, 2.45) is 5.92 Å². The lowest BCUT2D eigenvalue weighted by Crippen LogP contribution is -2.68. The smallest absolute Gasteiger partial charge is 0.217 e. The van der Waals surface area contributed by atoms with Gasteiger partial charge < -0.3 is 48.5 Å². The van der Waals surface area contributed by atoms with Crippen molar-refractivity contribution in [3.8, 4) is 0 Å². The molecular weight excluding hydrogens is 632 g/mol. The van der Waals surface area contributed by atoms with Gasteiger partial charge in [-0.15, -0.1) is 0 Å². The normalized spacial score (nSPS) is 30.3. The Hall–Kier alpha value is -1.38. The minimum Gasteiger partial charge on any atom is -0.379 e. The molecule has 2 N–H and O–H groups in total. The summed E-state index contributed by atoms with van der Waals surface area (Å²) in [5, 5.41) is 6.15. The van der Waals surface area contributed by atoms with Crippen molar-refractivity contribution in [1.29, 1.82) is 0 Å². The van der Waals surface area contributed by atoms with Gasteiger partial charge in [-0.25, -0.2) is 0 Å². The highest BCUT2D eigenvalue weighted by molar-refractivity contribution is 5.73. The molecule has 12 heteroatoms. The highest BCUT2D eigenvalue weighted by atomic mass is 16.7. The number of carbonyl (C=O) groups is 2. The zero-order valence-electron chi connectivity index (χ0n) is 31.9. The third kappa shape index (κ3) is 15.4. The zero-order valence-corrected chi connectivity index (χ0v) is 31.9. The summed E-state index contributed by atoms with van der Waals surface area (Å²) in [4.78, 5) is 25.2. The Balaban J connectivity index is 2.51. The first-order chi connectivity index (χ1) is 23.7. The molecule has 0 aromatic rings. The maximum Gasteiger partial charge on any atom is 0.217 e. The monoisotopic (exact) mass is 703 g/mol. The summed E-state index contributed by atoms with van der Waals surface area (Å²) >= 11 is 0. The van der Waals surface area contributed by atoms with Crippen LogP contribution >= 0.6 is 0 Å². The molecule has 0 spiro atoms. The number of nitrogens with one attached hydrogen (secondary N) is 2. The van der Waals surface area contributed by atoms with E-state index in [-0.39, 0.29) is 24.3 Å². The Morgan fingerprint density at radius 3 is 1.49 bits per heavy atom. The first-order valence-electron chi connectivity index (χ1n) is 19.2. The van der Waals surface area contributed by atoms with E-state index in [1.165, 1.54) is 13.8 Å². The van der Waals surface area contributed by atoms with Crippen molar-refractivity contribution < 1.29 is 47.5 Å². The second-order valence-electron chi connectivity index (χ2n) is 13.5. The summed E-state index contributed by atoms with van der Waals surface area (Å²) in [6.45, 7) is 18.9. The number of hydrogen-bond acceptors (Lipinski definition) is 10. The highest BCUT2D eigenvalue weighted by Crippen LogP contribution is 2.35. The molecule has 12 nitrogen and oxygen atoms in total. The summed E-state index contributed by atoms with van der Waals surface area (Å²) in [5.74, 6) is -0.682. The molecule has 288 valence electrons. The summed E-state index contributed by atoms with van der Waals surface area (Å²) in [5.41, 5.74) is 0. The highest BCUT2D eigenvalue weighted by Gasteiger charge is 2.52. The molecule has 2 aliphatic heterocycles. The molecule has 4 unspecified atom stereocenters. The van der Waals surface area contributed by atoms with Crippen molar-refractivity contribution in [1.82, 2.24) is 10.6 Å². The molecule has 2 saturated heterocycles. The average Bonchev–Trinajstić information content (AvgIpc) is 3.06. The molecule has 0 bridgehead atoms. The molecule has 0 aromatic heterocycles. The molecule has 0 aliphatic carbocycles. The molecule has 2 aliphatic rings. The number of hydrogen-bond donors (Lipinski definition) is 2. The van der Waals surface area contributed by atoms with E-state index < -0.39 is 55.2 Å². The molecule has 2 fully saturated rings. The molecule has 0 aromatic carbocycles. The minimum absolute atomic E-state index is 0.188. The van der Waals surface area contributed by atoms with Crippen LogP contribution in [0.25, 0.3) is 0 Å². The van der Waals surface area contributed by atoms with Crippen molar-refractivity contribution in [3.63, 3.8) is 0 Å².